The van der Waals surface area contributed by atoms with Gasteiger partial charge >= 0.3 is 0 Å². The van der Waals surface area contributed by atoms with Crippen LogP contribution in [-0.4, -0.2) is 32.6 Å². The fraction of sp³-hybridized carbons (Fsp3) is 0.429. The van der Waals surface area contributed by atoms with E-state index in [2.05, 4.69) is 32.3 Å². The molecule has 0 bridgehead atoms. The molecule has 1 atom stereocenters. The van der Waals surface area contributed by atoms with E-state index in [-0.39, 0.29) is 11.6 Å². The number of rotatable bonds is 3. The fourth-order valence-corrected chi connectivity index (χ4v) is 4.51. The summed E-state index contributed by atoms with van der Waals surface area (Å²) in [5, 5.41) is 15.8. The molecule has 138 valence electrons. The van der Waals surface area contributed by atoms with E-state index in [0.29, 0.717) is 6.54 Å². The molecule has 1 fully saturated rings. The molecule has 1 aliphatic heterocycles. The van der Waals surface area contributed by atoms with Crippen LogP contribution in [0, 0.1) is 6.92 Å². The predicted molar refractivity (Wildman–Crippen MR) is 105 cm³/mol. The number of aromatic nitrogens is 4. The lowest BCUT2D eigenvalue weighted by Crippen LogP contribution is -2.38. The van der Waals surface area contributed by atoms with Crippen LogP contribution < -0.4 is 10.5 Å². The molecule has 6 heteroatoms. The monoisotopic (exact) mass is 361 g/mol. The maximum atomic E-state index is 12.5. The van der Waals surface area contributed by atoms with Crippen molar-refractivity contribution in [3.8, 4) is 0 Å². The Hall–Kier alpha value is -2.76. The van der Waals surface area contributed by atoms with E-state index in [1.165, 1.54) is 0 Å². The second kappa shape index (κ2) is 6.44. The summed E-state index contributed by atoms with van der Waals surface area (Å²) in [6.07, 6.45) is 5.20. The Bertz CT molecular complexity index is 1070. The van der Waals surface area contributed by atoms with Crippen LogP contribution >= 0.6 is 0 Å². The fourth-order valence-electron chi connectivity index (χ4n) is 4.51. The molecule has 1 aromatic carbocycles. The summed E-state index contributed by atoms with van der Waals surface area (Å²) >= 11 is 0. The van der Waals surface area contributed by atoms with Gasteiger partial charge in [0.25, 0.3) is 5.56 Å². The molecule has 5 rings (SSSR count). The second-order valence-corrected chi connectivity index (χ2v) is 7.63. The van der Waals surface area contributed by atoms with Crippen molar-refractivity contribution in [1.82, 2.24) is 20.0 Å². The molecule has 2 aromatic heterocycles. The first kappa shape index (κ1) is 16.4. The van der Waals surface area contributed by atoms with Crippen LogP contribution in [0.5, 0.6) is 0 Å². The van der Waals surface area contributed by atoms with Gasteiger partial charge in [-0.05, 0) is 44.6 Å². The zero-order valence-electron chi connectivity index (χ0n) is 15.6. The first-order valence-corrected chi connectivity index (χ1v) is 9.79. The minimum Gasteiger partial charge on any atom is -0.350 e. The quantitative estimate of drug-likeness (QED) is 0.718. The van der Waals surface area contributed by atoms with Gasteiger partial charge in [0.05, 0.1) is 24.0 Å². The molecule has 1 aliphatic carbocycles. The van der Waals surface area contributed by atoms with Crippen LogP contribution in [0.1, 0.15) is 36.2 Å². The van der Waals surface area contributed by atoms with Crippen LogP contribution in [0.25, 0.3) is 10.8 Å². The van der Waals surface area contributed by atoms with Crippen molar-refractivity contribution < 1.29 is 0 Å². The highest BCUT2D eigenvalue weighted by Gasteiger charge is 2.29. The summed E-state index contributed by atoms with van der Waals surface area (Å²) in [4.78, 5) is 14.8. The van der Waals surface area contributed by atoms with Crippen molar-refractivity contribution in [3.63, 3.8) is 0 Å². The van der Waals surface area contributed by atoms with Gasteiger partial charge in [-0.1, -0.05) is 24.3 Å². The lowest BCUT2D eigenvalue weighted by Gasteiger charge is -2.27. The Morgan fingerprint density at radius 3 is 2.85 bits per heavy atom. The number of hydrogen-bond donors (Lipinski definition) is 0. The standard InChI is InChI=1S/C21H23N5O/c1-14-17-8-2-3-9-18(17)21(23-22-14)25-11-5-7-16(25)13-26-20(27)12-15-6-4-10-19(15)24-26/h2-3,8-9,12,16H,4-7,10-11,13H2,1H3. The molecule has 1 unspecified atom stereocenters. The van der Waals surface area contributed by atoms with Crippen LogP contribution in [0.4, 0.5) is 5.82 Å². The van der Waals surface area contributed by atoms with Crippen LogP contribution in [-0.2, 0) is 19.4 Å². The molecule has 3 heterocycles. The summed E-state index contributed by atoms with van der Waals surface area (Å²) in [5.74, 6) is 0.924. The van der Waals surface area contributed by atoms with E-state index in [4.69, 9.17) is 0 Å². The first-order chi connectivity index (χ1) is 13.2. The molecule has 0 N–H and O–H groups in total. The van der Waals surface area contributed by atoms with Gasteiger partial charge in [0, 0.05) is 23.4 Å². The summed E-state index contributed by atoms with van der Waals surface area (Å²) in [5.41, 5.74) is 3.19. The van der Waals surface area contributed by atoms with E-state index in [0.717, 1.165) is 72.2 Å². The molecule has 6 nitrogen and oxygen atoms in total. The average Bonchev–Trinajstić information content (AvgIpc) is 3.32. The van der Waals surface area contributed by atoms with Crippen molar-refractivity contribution in [2.75, 3.05) is 11.4 Å². The van der Waals surface area contributed by atoms with E-state index < -0.39 is 0 Å². The molecule has 1 saturated heterocycles. The third-order valence-corrected chi connectivity index (χ3v) is 5.91. The van der Waals surface area contributed by atoms with Gasteiger partial charge in [-0.2, -0.15) is 10.2 Å². The smallest absolute Gasteiger partial charge is 0.267 e. The Morgan fingerprint density at radius 1 is 1.11 bits per heavy atom. The van der Waals surface area contributed by atoms with E-state index in [1.807, 2.05) is 19.1 Å². The van der Waals surface area contributed by atoms with Crippen molar-refractivity contribution in [2.24, 2.45) is 0 Å². The zero-order valence-corrected chi connectivity index (χ0v) is 15.6. The lowest BCUT2D eigenvalue weighted by atomic mass is 10.1. The number of hydrogen-bond acceptors (Lipinski definition) is 5. The third kappa shape index (κ3) is 2.80. The summed E-state index contributed by atoms with van der Waals surface area (Å²) in [6.45, 7) is 3.54. The molecule has 0 amide bonds. The molecule has 27 heavy (non-hydrogen) atoms. The van der Waals surface area contributed by atoms with Crippen LogP contribution in [0.3, 0.4) is 0 Å². The van der Waals surface area contributed by atoms with Crippen molar-refractivity contribution in [1.29, 1.82) is 0 Å². The number of aryl methyl sites for hydroxylation is 3. The summed E-state index contributed by atoms with van der Waals surface area (Å²) < 4.78 is 1.66. The molecule has 0 radical (unpaired) electrons. The number of anilines is 1. The average molecular weight is 361 g/mol. The molecule has 0 spiro atoms. The Morgan fingerprint density at radius 2 is 1.96 bits per heavy atom. The lowest BCUT2D eigenvalue weighted by molar-refractivity contribution is 0.481. The molecule has 0 saturated carbocycles. The van der Waals surface area contributed by atoms with Gasteiger partial charge in [-0.25, -0.2) is 4.68 Å². The van der Waals surface area contributed by atoms with E-state index in [1.54, 1.807) is 10.7 Å². The maximum absolute atomic E-state index is 12.5. The first-order valence-electron chi connectivity index (χ1n) is 9.79. The van der Waals surface area contributed by atoms with Gasteiger partial charge < -0.3 is 4.90 Å². The topological polar surface area (TPSA) is 63.9 Å². The molecular weight excluding hydrogens is 338 g/mol. The van der Waals surface area contributed by atoms with Crippen molar-refractivity contribution in [3.05, 3.63) is 57.6 Å². The Balaban J connectivity index is 1.50. The highest BCUT2D eigenvalue weighted by Crippen LogP contribution is 2.31. The van der Waals surface area contributed by atoms with Gasteiger partial charge in [-0.3, -0.25) is 4.79 Å². The number of benzene rings is 1. The second-order valence-electron chi connectivity index (χ2n) is 7.63. The molecule has 3 aromatic rings. The number of fused-ring (bicyclic) bond motifs is 2. The largest absolute Gasteiger partial charge is 0.350 e. The van der Waals surface area contributed by atoms with Crippen molar-refractivity contribution >= 4 is 16.6 Å². The Labute approximate surface area is 157 Å². The number of nitrogens with zero attached hydrogens (tertiary/aromatic N) is 5. The van der Waals surface area contributed by atoms with Crippen molar-refractivity contribution in [2.45, 2.75) is 51.6 Å². The highest BCUT2D eigenvalue weighted by atomic mass is 16.1. The molecular formula is C21H23N5O. The zero-order chi connectivity index (χ0) is 18.4. The summed E-state index contributed by atoms with van der Waals surface area (Å²) in [7, 11) is 0. The van der Waals surface area contributed by atoms with Crippen LogP contribution in [0.15, 0.2) is 35.1 Å². The molecule has 2 aliphatic rings. The Kier molecular flexibility index (Phi) is 3.92. The normalized spacial score (nSPS) is 19.0. The predicted octanol–water partition coefficient (Wildman–Crippen LogP) is 2.65. The van der Waals surface area contributed by atoms with E-state index in [9.17, 15) is 4.79 Å². The van der Waals surface area contributed by atoms with Gasteiger partial charge in [0.15, 0.2) is 5.82 Å². The van der Waals surface area contributed by atoms with Gasteiger partial charge in [-0.15, -0.1) is 5.10 Å². The van der Waals surface area contributed by atoms with E-state index >= 15 is 0 Å². The minimum absolute atomic E-state index is 0.0161. The van der Waals surface area contributed by atoms with Crippen LogP contribution in [0.2, 0.25) is 0 Å². The summed E-state index contributed by atoms with van der Waals surface area (Å²) in [6, 6.07) is 10.3. The third-order valence-electron chi connectivity index (χ3n) is 5.91. The minimum atomic E-state index is 0.0161. The highest BCUT2D eigenvalue weighted by molar-refractivity contribution is 5.93. The maximum Gasteiger partial charge on any atom is 0.267 e. The van der Waals surface area contributed by atoms with Gasteiger partial charge in [0.2, 0.25) is 0 Å². The SMILES string of the molecule is Cc1nnc(N2CCCC2Cn2nc3c(cc2=O)CCC3)c2ccccc12. The van der Waals surface area contributed by atoms with Gasteiger partial charge in [0.1, 0.15) is 0 Å².